The maximum absolute atomic E-state index is 12.9. The van der Waals surface area contributed by atoms with E-state index in [1.165, 1.54) is 6.07 Å². The molecule has 0 saturated carbocycles. The number of phenols is 4. The Kier molecular flexibility index (Phi) is 4.75. The van der Waals surface area contributed by atoms with Crippen molar-refractivity contribution >= 4 is 21.9 Å². The number of hydrogen-bond donors (Lipinski definition) is 4. The van der Waals surface area contributed by atoms with E-state index in [-0.39, 0.29) is 45.4 Å². The lowest BCUT2D eigenvalue weighted by atomic mass is 10.0. The fourth-order valence-corrected chi connectivity index (χ4v) is 2.99. The fraction of sp³-hybridized carbons (Fsp3) is 0.250. The SMILES string of the molecule is CCCC/C=C/Cc1c(O)c(O)cc2oc3cc(O)cc(O)c3c(=O)c12. The topological polar surface area (TPSA) is 111 Å². The van der Waals surface area contributed by atoms with Gasteiger partial charge in [0.1, 0.15) is 28.1 Å². The van der Waals surface area contributed by atoms with Crippen LogP contribution in [0.3, 0.4) is 0 Å². The molecule has 0 unspecified atom stereocenters. The molecule has 0 aliphatic carbocycles. The Labute approximate surface area is 149 Å². The van der Waals surface area contributed by atoms with Crippen molar-refractivity contribution in [3.05, 3.63) is 46.1 Å². The minimum atomic E-state index is -0.536. The smallest absolute Gasteiger partial charge is 0.204 e. The monoisotopic (exact) mass is 356 g/mol. The largest absolute Gasteiger partial charge is 0.508 e. The Morgan fingerprint density at radius 3 is 2.42 bits per heavy atom. The van der Waals surface area contributed by atoms with Crippen LogP contribution in [0.5, 0.6) is 23.0 Å². The lowest BCUT2D eigenvalue weighted by molar-refractivity contribution is 0.400. The van der Waals surface area contributed by atoms with E-state index in [1.807, 2.05) is 12.2 Å². The van der Waals surface area contributed by atoms with Crippen LogP contribution in [0.25, 0.3) is 21.9 Å². The quantitative estimate of drug-likeness (QED) is 0.237. The van der Waals surface area contributed by atoms with Crippen LogP contribution in [0.15, 0.2) is 39.6 Å². The summed E-state index contributed by atoms with van der Waals surface area (Å²) in [6.45, 7) is 2.09. The Hall–Kier alpha value is -3.15. The molecule has 2 aromatic carbocycles. The molecule has 6 nitrogen and oxygen atoms in total. The summed E-state index contributed by atoms with van der Waals surface area (Å²) in [6.07, 6.45) is 6.99. The molecule has 0 aliphatic heterocycles. The summed E-state index contributed by atoms with van der Waals surface area (Å²) in [7, 11) is 0. The third-order valence-corrected chi connectivity index (χ3v) is 4.30. The van der Waals surface area contributed by atoms with Gasteiger partial charge in [-0.2, -0.15) is 0 Å². The van der Waals surface area contributed by atoms with Crippen molar-refractivity contribution < 1.29 is 24.8 Å². The van der Waals surface area contributed by atoms with Crippen molar-refractivity contribution in [3.63, 3.8) is 0 Å². The van der Waals surface area contributed by atoms with Gasteiger partial charge >= 0.3 is 0 Å². The minimum Gasteiger partial charge on any atom is -0.508 e. The van der Waals surface area contributed by atoms with Crippen molar-refractivity contribution in [1.29, 1.82) is 0 Å². The lowest BCUT2D eigenvalue weighted by Crippen LogP contribution is -2.06. The zero-order valence-corrected chi connectivity index (χ0v) is 14.3. The van der Waals surface area contributed by atoms with Gasteiger partial charge in [0.2, 0.25) is 5.43 Å². The van der Waals surface area contributed by atoms with E-state index < -0.39 is 16.9 Å². The summed E-state index contributed by atoms with van der Waals surface area (Å²) in [4.78, 5) is 12.9. The van der Waals surface area contributed by atoms with Crippen molar-refractivity contribution in [2.45, 2.75) is 32.6 Å². The highest BCUT2D eigenvalue weighted by molar-refractivity contribution is 5.96. The third-order valence-electron chi connectivity index (χ3n) is 4.30. The zero-order chi connectivity index (χ0) is 18.8. The van der Waals surface area contributed by atoms with Gasteiger partial charge in [-0.15, -0.1) is 0 Å². The van der Waals surface area contributed by atoms with Crippen LogP contribution in [-0.4, -0.2) is 20.4 Å². The number of unbranched alkanes of at least 4 members (excludes halogenated alkanes) is 2. The predicted octanol–water partition coefficient (Wildman–Crippen LogP) is 4.06. The number of aromatic hydroxyl groups is 4. The van der Waals surface area contributed by atoms with Gasteiger partial charge in [-0.3, -0.25) is 4.79 Å². The van der Waals surface area contributed by atoms with Crippen LogP contribution in [0.4, 0.5) is 0 Å². The molecule has 1 aromatic heterocycles. The first-order valence-electron chi connectivity index (χ1n) is 8.45. The Morgan fingerprint density at radius 2 is 1.69 bits per heavy atom. The van der Waals surface area contributed by atoms with Crippen LogP contribution < -0.4 is 5.43 Å². The first-order valence-corrected chi connectivity index (χ1v) is 8.45. The molecule has 0 spiro atoms. The molecule has 6 heteroatoms. The van der Waals surface area contributed by atoms with E-state index in [0.29, 0.717) is 0 Å². The number of fused-ring (bicyclic) bond motifs is 2. The maximum Gasteiger partial charge on any atom is 0.204 e. The molecule has 3 aromatic rings. The lowest BCUT2D eigenvalue weighted by Gasteiger charge is -2.10. The normalized spacial score (nSPS) is 11.7. The minimum absolute atomic E-state index is 0.00507. The van der Waals surface area contributed by atoms with Crippen LogP contribution in [-0.2, 0) is 6.42 Å². The molecule has 0 radical (unpaired) electrons. The Balaban J connectivity index is 2.26. The molecule has 0 bridgehead atoms. The first-order chi connectivity index (χ1) is 12.4. The van der Waals surface area contributed by atoms with Gasteiger partial charge < -0.3 is 24.8 Å². The number of rotatable bonds is 5. The number of allylic oxidation sites excluding steroid dienone is 2. The predicted molar refractivity (Wildman–Crippen MR) is 99.0 cm³/mol. The van der Waals surface area contributed by atoms with Crippen LogP contribution in [0.1, 0.15) is 31.7 Å². The highest BCUT2D eigenvalue weighted by Crippen LogP contribution is 2.38. The molecule has 0 amide bonds. The molecular weight excluding hydrogens is 336 g/mol. The molecule has 26 heavy (non-hydrogen) atoms. The second-order valence-corrected chi connectivity index (χ2v) is 6.18. The highest BCUT2D eigenvalue weighted by atomic mass is 16.3. The van der Waals surface area contributed by atoms with E-state index in [4.69, 9.17) is 4.42 Å². The molecule has 0 saturated heterocycles. The third kappa shape index (κ3) is 3.06. The van der Waals surface area contributed by atoms with E-state index in [9.17, 15) is 25.2 Å². The summed E-state index contributed by atoms with van der Waals surface area (Å²) in [6, 6.07) is 3.41. The molecule has 1 heterocycles. The molecule has 136 valence electrons. The summed E-state index contributed by atoms with van der Waals surface area (Å²) in [5, 5.41) is 39.9. The molecular formula is C20H20O6. The van der Waals surface area contributed by atoms with Gasteiger partial charge in [0, 0.05) is 23.8 Å². The number of benzene rings is 2. The summed E-state index contributed by atoms with van der Waals surface area (Å²) in [5.41, 5.74) is -0.240. The molecule has 0 atom stereocenters. The van der Waals surface area contributed by atoms with Gasteiger partial charge in [0.25, 0.3) is 0 Å². The van der Waals surface area contributed by atoms with Gasteiger partial charge in [0.15, 0.2) is 11.5 Å². The van der Waals surface area contributed by atoms with Crippen molar-refractivity contribution in [2.75, 3.05) is 0 Å². The van der Waals surface area contributed by atoms with Crippen LogP contribution in [0.2, 0.25) is 0 Å². The van der Waals surface area contributed by atoms with Gasteiger partial charge in [-0.05, 0) is 12.8 Å². The fourth-order valence-electron chi connectivity index (χ4n) is 2.99. The van der Waals surface area contributed by atoms with Gasteiger partial charge in [0.05, 0.1) is 5.39 Å². The van der Waals surface area contributed by atoms with E-state index in [0.717, 1.165) is 31.4 Å². The van der Waals surface area contributed by atoms with Crippen LogP contribution >= 0.6 is 0 Å². The summed E-state index contributed by atoms with van der Waals surface area (Å²) in [5.74, 6) is -1.45. The van der Waals surface area contributed by atoms with E-state index in [2.05, 4.69) is 6.92 Å². The number of phenolic OH excluding ortho intramolecular Hbond substituents is 4. The summed E-state index contributed by atoms with van der Waals surface area (Å²) >= 11 is 0. The molecule has 0 fully saturated rings. The standard InChI is InChI=1S/C20H20O6/c1-2-3-4-5-6-7-12-17-16(10-14(23)19(12)24)26-15-9-11(21)8-13(22)18(15)20(17)25/h5-6,8-10,21-24H,2-4,7H2,1H3/b6-5+. The number of hydrogen-bond acceptors (Lipinski definition) is 6. The van der Waals surface area contributed by atoms with Crippen LogP contribution in [0, 0.1) is 0 Å². The van der Waals surface area contributed by atoms with Crippen molar-refractivity contribution in [3.8, 4) is 23.0 Å². The molecule has 3 rings (SSSR count). The first kappa shape index (κ1) is 17.7. The maximum atomic E-state index is 12.9. The van der Waals surface area contributed by atoms with Gasteiger partial charge in [-0.1, -0.05) is 31.9 Å². The second kappa shape index (κ2) is 7.00. The van der Waals surface area contributed by atoms with E-state index in [1.54, 1.807) is 0 Å². The average Bonchev–Trinajstić information content (AvgIpc) is 2.57. The van der Waals surface area contributed by atoms with E-state index >= 15 is 0 Å². The highest BCUT2D eigenvalue weighted by Gasteiger charge is 2.20. The Bertz CT molecular complexity index is 1060. The van der Waals surface area contributed by atoms with Crippen molar-refractivity contribution in [1.82, 2.24) is 0 Å². The van der Waals surface area contributed by atoms with Gasteiger partial charge in [-0.25, -0.2) is 0 Å². The average molecular weight is 356 g/mol. The Morgan fingerprint density at radius 1 is 0.962 bits per heavy atom. The molecule has 4 N–H and O–H groups in total. The molecule has 0 aliphatic rings. The van der Waals surface area contributed by atoms with Crippen molar-refractivity contribution in [2.24, 2.45) is 0 Å². The second-order valence-electron chi connectivity index (χ2n) is 6.18. The summed E-state index contributed by atoms with van der Waals surface area (Å²) < 4.78 is 5.59. The zero-order valence-electron chi connectivity index (χ0n) is 14.3.